The zero-order valence-electron chi connectivity index (χ0n) is 16.1. The van der Waals surface area contributed by atoms with Gasteiger partial charge in [0.15, 0.2) is 0 Å². The van der Waals surface area contributed by atoms with E-state index in [0.717, 1.165) is 29.7 Å². The van der Waals surface area contributed by atoms with Crippen LogP contribution >= 0.6 is 0 Å². The van der Waals surface area contributed by atoms with Crippen molar-refractivity contribution in [2.24, 2.45) is 5.41 Å². The summed E-state index contributed by atoms with van der Waals surface area (Å²) in [5.74, 6) is -0.551. The molecule has 0 unspecified atom stereocenters. The van der Waals surface area contributed by atoms with Crippen LogP contribution in [0.15, 0.2) is 48.5 Å². The average molecular weight is 352 g/mol. The lowest BCUT2D eigenvalue weighted by Gasteiger charge is -2.24. The summed E-state index contributed by atoms with van der Waals surface area (Å²) in [5.41, 5.74) is 2.85. The van der Waals surface area contributed by atoms with Crippen LogP contribution < -0.4 is 10.6 Å². The van der Waals surface area contributed by atoms with Gasteiger partial charge in [-0.2, -0.15) is 0 Å². The first kappa shape index (κ1) is 19.7. The van der Waals surface area contributed by atoms with Crippen molar-refractivity contribution in [2.45, 2.75) is 40.5 Å². The summed E-state index contributed by atoms with van der Waals surface area (Å²) < 4.78 is 0. The quantitative estimate of drug-likeness (QED) is 0.584. The lowest BCUT2D eigenvalue weighted by Crippen LogP contribution is -2.45. The van der Waals surface area contributed by atoms with Gasteiger partial charge in [0.05, 0.1) is 0 Å². The number of carbonyl (C=O) groups is 2. The second-order valence-electron chi connectivity index (χ2n) is 7.19. The average Bonchev–Trinajstić information content (AvgIpc) is 2.62. The minimum Gasteiger partial charge on any atom is -0.355 e. The van der Waals surface area contributed by atoms with Gasteiger partial charge >= 0.3 is 0 Å². The molecule has 2 aromatic rings. The molecule has 2 amide bonds. The highest BCUT2D eigenvalue weighted by Crippen LogP contribution is 2.24. The van der Waals surface area contributed by atoms with Crippen LogP contribution in [-0.2, 0) is 16.0 Å². The van der Waals surface area contributed by atoms with E-state index in [-0.39, 0.29) is 11.8 Å². The molecular formula is C22H28N2O2. The fourth-order valence-electron chi connectivity index (χ4n) is 2.74. The molecule has 0 fully saturated rings. The Bertz CT molecular complexity index is 747. The van der Waals surface area contributed by atoms with Gasteiger partial charge in [0.25, 0.3) is 0 Å². The van der Waals surface area contributed by atoms with Crippen LogP contribution in [0.1, 0.15) is 37.0 Å². The Morgan fingerprint density at radius 2 is 1.50 bits per heavy atom. The first-order valence-electron chi connectivity index (χ1n) is 9.02. The van der Waals surface area contributed by atoms with Gasteiger partial charge in [-0.15, -0.1) is 0 Å². The van der Waals surface area contributed by atoms with E-state index in [1.54, 1.807) is 13.8 Å². The number of aryl methyl sites for hydroxylation is 3. The number of benzene rings is 2. The van der Waals surface area contributed by atoms with Crippen LogP contribution in [0.3, 0.4) is 0 Å². The van der Waals surface area contributed by atoms with Crippen LogP contribution in [0.25, 0.3) is 0 Å². The van der Waals surface area contributed by atoms with Crippen molar-refractivity contribution in [3.8, 4) is 0 Å². The van der Waals surface area contributed by atoms with E-state index in [1.807, 2.05) is 50.2 Å². The maximum Gasteiger partial charge on any atom is 0.239 e. The first-order chi connectivity index (χ1) is 12.3. The molecule has 2 aromatic carbocycles. The largest absolute Gasteiger partial charge is 0.355 e. The topological polar surface area (TPSA) is 58.2 Å². The van der Waals surface area contributed by atoms with E-state index < -0.39 is 5.41 Å². The minimum absolute atomic E-state index is 0.255. The molecular weight excluding hydrogens is 324 g/mol. The third-order valence-electron chi connectivity index (χ3n) is 4.63. The Balaban J connectivity index is 1.89. The number of carbonyl (C=O) groups excluding carboxylic acids is 2. The third kappa shape index (κ3) is 4.94. The molecule has 0 bridgehead atoms. The number of rotatable bonds is 7. The SMILES string of the molecule is Cc1cccc(C)c1NC(=O)C(C)(C)C(=O)NCCCc1ccccc1. The van der Waals surface area contributed by atoms with Crippen LogP contribution in [-0.4, -0.2) is 18.4 Å². The summed E-state index contributed by atoms with van der Waals surface area (Å²) in [7, 11) is 0. The van der Waals surface area contributed by atoms with Gasteiger partial charge in [-0.25, -0.2) is 0 Å². The van der Waals surface area contributed by atoms with Gasteiger partial charge in [-0.1, -0.05) is 48.5 Å². The molecule has 0 aliphatic rings. The fraction of sp³-hybridized carbons (Fsp3) is 0.364. The summed E-state index contributed by atoms with van der Waals surface area (Å²) >= 11 is 0. The van der Waals surface area contributed by atoms with Crippen LogP contribution in [0.5, 0.6) is 0 Å². The molecule has 2 rings (SSSR count). The molecule has 2 N–H and O–H groups in total. The van der Waals surface area contributed by atoms with Gasteiger partial charge < -0.3 is 10.6 Å². The van der Waals surface area contributed by atoms with E-state index in [4.69, 9.17) is 0 Å². The van der Waals surface area contributed by atoms with E-state index in [9.17, 15) is 9.59 Å². The molecule has 0 saturated heterocycles. The molecule has 0 aromatic heterocycles. The zero-order chi connectivity index (χ0) is 19.2. The van der Waals surface area contributed by atoms with Gasteiger partial charge in [0, 0.05) is 12.2 Å². The predicted octanol–water partition coefficient (Wildman–Crippen LogP) is 4.02. The van der Waals surface area contributed by atoms with Gasteiger partial charge in [-0.05, 0) is 57.2 Å². The van der Waals surface area contributed by atoms with Crippen molar-refractivity contribution >= 4 is 17.5 Å². The second-order valence-corrected chi connectivity index (χ2v) is 7.19. The normalized spacial score (nSPS) is 11.1. The minimum atomic E-state index is -1.14. The van der Waals surface area contributed by atoms with E-state index in [1.165, 1.54) is 5.56 Å². The molecule has 0 radical (unpaired) electrons. The van der Waals surface area contributed by atoms with E-state index >= 15 is 0 Å². The molecule has 0 heterocycles. The summed E-state index contributed by atoms with van der Waals surface area (Å²) in [6, 6.07) is 16.0. The third-order valence-corrected chi connectivity index (χ3v) is 4.63. The highest BCUT2D eigenvalue weighted by atomic mass is 16.2. The van der Waals surface area contributed by atoms with E-state index in [0.29, 0.717) is 6.54 Å². The molecule has 26 heavy (non-hydrogen) atoms. The fourth-order valence-corrected chi connectivity index (χ4v) is 2.74. The summed E-state index contributed by atoms with van der Waals surface area (Å²) in [6.07, 6.45) is 1.74. The smallest absolute Gasteiger partial charge is 0.239 e. The molecule has 0 saturated carbocycles. The van der Waals surface area contributed by atoms with Gasteiger partial charge in [-0.3, -0.25) is 9.59 Å². The van der Waals surface area contributed by atoms with Crippen molar-refractivity contribution in [1.82, 2.24) is 5.32 Å². The van der Waals surface area contributed by atoms with Crippen molar-refractivity contribution in [1.29, 1.82) is 0 Å². The standard InChI is InChI=1S/C22H28N2O2/c1-16-10-8-11-17(2)19(16)24-21(26)22(3,4)20(25)23-15-9-14-18-12-6-5-7-13-18/h5-8,10-13H,9,14-15H2,1-4H3,(H,23,25)(H,24,26). The summed E-state index contributed by atoms with van der Waals surface area (Å²) in [6.45, 7) is 7.75. The monoisotopic (exact) mass is 352 g/mol. The maximum atomic E-state index is 12.7. The highest BCUT2D eigenvalue weighted by Gasteiger charge is 2.36. The maximum absolute atomic E-state index is 12.7. The second kappa shape index (κ2) is 8.65. The Kier molecular flexibility index (Phi) is 6.56. The van der Waals surface area contributed by atoms with Crippen molar-refractivity contribution in [3.63, 3.8) is 0 Å². The number of para-hydroxylation sites is 1. The number of nitrogens with one attached hydrogen (secondary N) is 2. The molecule has 0 aliphatic heterocycles. The highest BCUT2D eigenvalue weighted by molar-refractivity contribution is 6.10. The van der Waals surface area contributed by atoms with Gasteiger partial charge in [0.2, 0.25) is 11.8 Å². The zero-order valence-corrected chi connectivity index (χ0v) is 16.1. The van der Waals surface area contributed by atoms with Crippen molar-refractivity contribution in [3.05, 3.63) is 65.2 Å². The lowest BCUT2D eigenvalue weighted by molar-refractivity contribution is -0.138. The Morgan fingerprint density at radius 3 is 2.12 bits per heavy atom. The summed E-state index contributed by atoms with van der Waals surface area (Å²) in [4.78, 5) is 25.2. The first-order valence-corrected chi connectivity index (χ1v) is 9.02. The molecule has 4 nitrogen and oxygen atoms in total. The van der Waals surface area contributed by atoms with Crippen molar-refractivity contribution < 1.29 is 9.59 Å². The number of hydrogen-bond acceptors (Lipinski definition) is 2. The number of amides is 2. The Morgan fingerprint density at radius 1 is 0.885 bits per heavy atom. The molecule has 4 heteroatoms. The molecule has 0 aliphatic carbocycles. The molecule has 0 spiro atoms. The van der Waals surface area contributed by atoms with Crippen LogP contribution in [0.4, 0.5) is 5.69 Å². The summed E-state index contributed by atoms with van der Waals surface area (Å²) in [5, 5.41) is 5.81. The number of anilines is 1. The van der Waals surface area contributed by atoms with Crippen LogP contribution in [0.2, 0.25) is 0 Å². The molecule has 0 atom stereocenters. The number of hydrogen-bond donors (Lipinski definition) is 2. The lowest BCUT2D eigenvalue weighted by atomic mass is 9.90. The molecule has 138 valence electrons. The predicted molar refractivity (Wildman–Crippen MR) is 106 cm³/mol. The Labute approximate surface area is 156 Å². The Hall–Kier alpha value is -2.62. The van der Waals surface area contributed by atoms with Crippen LogP contribution in [0, 0.1) is 19.3 Å². The van der Waals surface area contributed by atoms with Gasteiger partial charge in [0.1, 0.15) is 5.41 Å². The van der Waals surface area contributed by atoms with E-state index in [2.05, 4.69) is 22.8 Å². The van der Waals surface area contributed by atoms with Crippen molar-refractivity contribution in [2.75, 3.05) is 11.9 Å².